The molecule has 0 radical (unpaired) electrons. The van der Waals surface area contributed by atoms with E-state index in [0.29, 0.717) is 18.8 Å². The molecule has 1 atom stereocenters. The van der Waals surface area contributed by atoms with E-state index in [1.165, 1.54) is 17.0 Å². The van der Waals surface area contributed by atoms with Gasteiger partial charge in [-0.05, 0) is 62.9 Å². The number of hydrogen-bond acceptors (Lipinski definition) is 5. The molecule has 0 heterocycles. The fourth-order valence-corrected chi connectivity index (χ4v) is 7.09. The predicted octanol–water partition coefficient (Wildman–Crippen LogP) is 5.85. The molecular formula is C34H43N3O5S. The molecular weight excluding hydrogens is 562 g/mol. The molecule has 4 rings (SSSR count). The Labute approximate surface area is 256 Å². The average Bonchev–Trinajstić information content (AvgIpc) is 3.01. The average molecular weight is 606 g/mol. The molecule has 43 heavy (non-hydrogen) atoms. The molecule has 0 aromatic heterocycles. The summed E-state index contributed by atoms with van der Waals surface area (Å²) in [5, 5.41) is 3.18. The van der Waals surface area contributed by atoms with Crippen LogP contribution in [0.25, 0.3) is 0 Å². The summed E-state index contributed by atoms with van der Waals surface area (Å²) in [6.45, 7) is 5.66. The van der Waals surface area contributed by atoms with Gasteiger partial charge in [-0.3, -0.25) is 13.9 Å². The SMILES string of the molecule is CCOc1ccccc1N(CC(=O)N(Cc1cccc(C)c1)C(CC)C(=O)NC1CCCCC1)S(=O)(=O)c1ccccc1. The van der Waals surface area contributed by atoms with Crippen LogP contribution in [0.5, 0.6) is 5.75 Å². The monoisotopic (exact) mass is 605 g/mol. The highest BCUT2D eigenvalue weighted by Gasteiger charge is 2.35. The summed E-state index contributed by atoms with van der Waals surface area (Å²) in [6, 6.07) is 22.0. The summed E-state index contributed by atoms with van der Waals surface area (Å²) in [5.74, 6) is -0.329. The van der Waals surface area contributed by atoms with Crippen LogP contribution in [0.15, 0.2) is 83.8 Å². The summed E-state index contributed by atoms with van der Waals surface area (Å²) in [7, 11) is -4.17. The number of aryl methyl sites for hydroxylation is 1. The fourth-order valence-electron chi connectivity index (χ4n) is 5.64. The van der Waals surface area contributed by atoms with Gasteiger partial charge in [0.1, 0.15) is 18.3 Å². The molecule has 0 spiro atoms. The maximum Gasteiger partial charge on any atom is 0.264 e. The molecule has 8 nitrogen and oxygen atoms in total. The van der Waals surface area contributed by atoms with Gasteiger partial charge in [-0.1, -0.05) is 86.3 Å². The van der Waals surface area contributed by atoms with Crippen molar-refractivity contribution in [1.29, 1.82) is 0 Å². The molecule has 9 heteroatoms. The van der Waals surface area contributed by atoms with E-state index in [1.54, 1.807) is 42.5 Å². The number of nitrogens with zero attached hydrogens (tertiary/aromatic N) is 2. The lowest BCUT2D eigenvalue weighted by Gasteiger charge is -2.34. The number of anilines is 1. The number of amides is 2. The summed E-state index contributed by atoms with van der Waals surface area (Å²) in [5.41, 5.74) is 2.16. The Kier molecular flexibility index (Phi) is 11.2. The third kappa shape index (κ3) is 8.16. The highest BCUT2D eigenvalue weighted by atomic mass is 32.2. The normalized spacial score (nSPS) is 14.5. The van der Waals surface area contributed by atoms with Crippen molar-refractivity contribution in [2.45, 2.75) is 82.8 Å². The molecule has 1 fully saturated rings. The zero-order chi connectivity index (χ0) is 30.8. The van der Waals surface area contributed by atoms with Crippen LogP contribution >= 0.6 is 0 Å². The van der Waals surface area contributed by atoms with Crippen molar-refractivity contribution in [3.05, 3.63) is 90.0 Å². The number of carbonyl (C=O) groups is 2. The lowest BCUT2D eigenvalue weighted by Crippen LogP contribution is -2.54. The Bertz CT molecular complexity index is 1470. The van der Waals surface area contributed by atoms with E-state index >= 15 is 0 Å². The van der Waals surface area contributed by atoms with Crippen LogP contribution in [0, 0.1) is 6.92 Å². The first-order valence-corrected chi connectivity index (χ1v) is 16.6. The largest absolute Gasteiger partial charge is 0.492 e. The second kappa shape index (κ2) is 15.0. The van der Waals surface area contributed by atoms with Crippen LogP contribution in [0.3, 0.4) is 0 Å². The molecule has 1 unspecified atom stereocenters. The summed E-state index contributed by atoms with van der Waals surface area (Å²) < 4.78 is 35.1. The number of nitrogens with one attached hydrogen (secondary N) is 1. The van der Waals surface area contributed by atoms with Crippen LogP contribution in [0.4, 0.5) is 5.69 Å². The maximum absolute atomic E-state index is 14.4. The van der Waals surface area contributed by atoms with Gasteiger partial charge in [0.25, 0.3) is 10.0 Å². The number of ether oxygens (including phenoxy) is 1. The Morgan fingerprint density at radius 2 is 1.63 bits per heavy atom. The highest BCUT2D eigenvalue weighted by Crippen LogP contribution is 2.33. The van der Waals surface area contributed by atoms with Crippen LogP contribution in [0.2, 0.25) is 0 Å². The first-order chi connectivity index (χ1) is 20.7. The Hall–Kier alpha value is -3.85. The topological polar surface area (TPSA) is 96.0 Å². The molecule has 3 aromatic rings. The van der Waals surface area contributed by atoms with Gasteiger partial charge < -0.3 is 15.0 Å². The van der Waals surface area contributed by atoms with E-state index in [1.807, 2.05) is 45.0 Å². The Morgan fingerprint density at radius 1 is 0.930 bits per heavy atom. The number of carbonyl (C=O) groups excluding carboxylic acids is 2. The van der Waals surface area contributed by atoms with Gasteiger partial charge in [-0.25, -0.2) is 8.42 Å². The third-order valence-corrected chi connectivity index (χ3v) is 9.59. The summed E-state index contributed by atoms with van der Waals surface area (Å²) in [6.07, 6.45) is 5.53. The molecule has 3 aromatic carbocycles. The molecule has 1 saturated carbocycles. The maximum atomic E-state index is 14.4. The van der Waals surface area contributed by atoms with Crippen molar-refractivity contribution in [3.8, 4) is 5.75 Å². The Morgan fingerprint density at radius 3 is 2.30 bits per heavy atom. The number of hydrogen-bond donors (Lipinski definition) is 1. The molecule has 0 aliphatic heterocycles. The summed E-state index contributed by atoms with van der Waals surface area (Å²) >= 11 is 0. The highest BCUT2D eigenvalue weighted by molar-refractivity contribution is 7.92. The lowest BCUT2D eigenvalue weighted by molar-refractivity contribution is -0.140. The van der Waals surface area contributed by atoms with Crippen molar-refractivity contribution < 1.29 is 22.7 Å². The smallest absolute Gasteiger partial charge is 0.264 e. The van der Waals surface area contributed by atoms with Crippen LogP contribution < -0.4 is 14.4 Å². The molecule has 1 N–H and O–H groups in total. The molecule has 0 saturated heterocycles. The zero-order valence-corrected chi connectivity index (χ0v) is 26.2. The van der Waals surface area contributed by atoms with Gasteiger partial charge >= 0.3 is 0 Å². The van der Waals surface area contributed by atoms with Crippen molar-refractivity contribution in [3.63, 3.8) is 0 Å². The van der Waals surface area contributed by atoms with Gasteiger partial charge in [-0.2, -0.15) is 0 Å². The third-order valence-electron chi connectivity index (χ3n) is 7.82. The Balaban J connectivity index is 1.73. The molecule has 1 aliphatic rings. The zero-order valence-electron chi connectivity index (χ0n) is 25.4. The predicted molar refractivity (Wildman–Crippen MR) is 169 cm³/mol. The van der Waals surface area contributed by atoms with Gasteiger partial charge in [0.2, 0.25) is 11.8 Å². The van der Waals surface area contributed by atoms with E-state index in [0.717, 1.165) is 47.5 Å². The van der Waals surface area contributed by atoms with Crippen molar-refractivity contribution >= 4 is 27.5 Å². The fraction of sp³-hybridized carbons (Fsp3) is 0.412. The van der Waals surface area contributed by atoms with Gasteiger partial charge in [0.15, 0.2) is 0 Å². The number of rotatable bonds is 13. The first kappa shape index (κ1) is 32.1. The standard InChI is InChI=1S/C34H43N3O5S/c1-4-30(34(39)35-28-17-8-6-9-18-28)36(24-27-16-14-15-26(3)23-27)33(38)25-37(31-21-12-13-22-32(31)42-5-2)43(40,41)29-19-10-7-11-20-29/h7,10-16,19-23,28,30H,4-6,8-9,17-18,24-25H2,1-3H3,(H,35,39). The van der Waals surface area contributed by atoms with Crippen LogP contribution in [-0.4, -0.2) is 50.4 Å². The van der Waals surface area contributed by atoms with E-state index in [-0.39, 0.29) is 29.1 Å². The minimum absolute atomic E-state index is 0.0569. The van der Waals surface area contributed by atoms with Crippen molar-refractivity contribution in [2.24, 2.45) is 0 Å². The molecule has 1 aliphatic carbocycles. The van der Waals surface area contributed by atoms with Gasteiger partial charge in [-0.15, -0.1) is 0 Å². The van der Waals surface area contributed by atoms with Crippen molar-refractivity contribution in [1.82, 2.24) is 10.2 Å². The second-order valence-corrected chi connectivity index (χ2v) is 12.9. The number of sulfonamides is 1. The van der Waals surface area contributed by atoms with Crippen molar-refractivity contribution in [2.75, 3.05) is 17.5 Å². The number of benzene rings is 3. The minimum Gasteiger partial charge on any atom is -0.492 e. The summed E-state index contributed by atoms with van der Waals surface area (Å²) in [4.78, 5) is 29.6. The lowest BCUT2D eigenvalue weighted by atomic mass is 9.95. The van der Waals surface area contributed by atoms with E-state index < -0.39 is 28.5 Å². The van der Waals surface area contributed by atoms with Crippen LogP contribution in [0.1, 0.15) is 63.5 Å². The van der Waals surface area contributed by atoms with Gasteiger partial charge in [0.05, 0.1) is 17.2 Å². The molecule has 230 valence electrons. The quantitative estimate of drug-likeness (QED) is 0.264. The number of para-hydroxylation sites is 2. The van der Waals surface area contributed by atoms with E-state index in [2.05, 4.69) is 5.32 Å². The van der Waals surface area contributed by atoms with E-state index in [9.17, 15) is 18.0 Å². The minimum atomic E-state index is -4.17. The second-order valence-electron chi connectivity index (χ2n) is 11.0. The van der Waals surface area contributed by atoms with Crippen LogP contribution in [-0.2, 0) is 26.2 Å². The molecule has 2 amide bonds. The van der Waals surface area contributed by atoms with Gasteiger partial charge in [0, 0.05) is 12.6 Å². The molecule has 0 bridgehead atoms. The van der Waals surface area contributed by atoms with E-state index in [4.69, 9.17) is 4.74 Å². The first-order valence-electron chi connectivity index (χ1n) is 15.2.